The molecule has 16 heavy (non-hydrogen) atoms. The van der Waals surface area contributed by atoms with Crippen LogP contribution in [0, 0.1) is 20.8 Å². The lowest BCUT2D eigenvalue weighted by atomic mass is 9.98. The van der Waals surface area contributed by atoms with Gasteiger partial charge in [-0.25, -0.2) is 0 Å². The molecular formula is C15H15N. The van der Waals surface area contributed by atoms with Crippen LogP contribution in [0.5, 0.6) is 0 Å². The van der Waals surface area contributed by atoms with Crippen LogP contribution in [0.3, 0.4) is 0 Å². The smallest absolute Gasteiger partial charge is 0.0453 e. The monoisotopic (exact) mass is 209 g/mol. The Kier molecular flexibility index (Phi) is 1.90. The van der Waals surface area contributed by atoms with E-state index in [9.17, 15) is 0 Å². The van der Waals surface area contributed by atoms with E-state index in [0.717, 1.165) is 12.1 Å². The van der Waals surface area contributed by atoms with Crippen molar-refractivity contribution >= 4 is 0 Å². The maximum Gasteiger partial charge on any atom is 0.0453 e. The fourth-order valence-corrected chi connectivity index (χ4v) is 2.66. The molecular weight excluding hydrogens is 194 g/mol. The zero-order valence-corrected chi connectivity index (χ0v) is 9.96. The first-order valence-electron chi connectivity index (χ1n) is 5.72. The van der Waals surface area contributed by atoms with Crippen molar-refractivity contribution in [3.05, 3.63) is 52.3 Å². The van der Waals surface area contributed by atoms with Gasteiger partial charge >= 0.3 is 0 Å². The summed E-state index contributed by atoms with van der Waals surface area (Å²) in [5.74, 6) is 0. The molecule has 0 radical (unpaired) electrons. The van der Waals surface area contributed by atoms with Crippen LogP contribution in [0.2, 0.25) is 0 Å². The molecule has 1 aromatic heterocycles. The number of hydrogen-bond acceptors (Lipinski definition) is 1. The summed E-state index contributed by atoms with van der Waals surface area (Å²) in [7, 11) is 0. The minimum Gasteiger partial charge on any atom is -0.261 e. The fraction of sp³-hybridized carbons (Fsp3) is 0.267. The minimum absolute atomic E-state index is 1.07. The SMILES string of the molecule is Cc1ccc2c(c1C)Cc1ccnc(C)c1-2. The van der Waals surface area contributed by atoms with Gasteiger partial charge in [0, 0.05) is 17.5 Å². The molecule has 0 amide bonds. The van der Waals surface area contributed by atoms with E-state index in [2.05, 4.69) is 44.0 Å². The average molecular weight is 209 g/mol. The molecule has 0 unspecified atom stereocenters. The summed E-state index contributed by atoms with van der Waals surface area (Å²) >= 11 is 0. The molecule has 0 saturated carbocycles. The first-order valence-corrected chi connectivity index (χ1v) is 5.72. The average Bonchev–Trinajstić information content (AvgIpc) is 2.64. The number of nitrogens with zero attached hydrogens (tertiary/aromatic N) is 1. The third-order valence-corrected chi connectivity index (χ3v) is 3.73. The maximum absolute atomic E-state index is 4.40. The fourth-order valence-electron chi connectivity index (χ4n) is 2.66. The maximum atomic E-state index is 4.40. The van der Waals surface area contributed by atoms with Crippen LogP contribution in [0.4, 0.5) is 0 Å². The number of pyridine rings is 1. The van der Waals surface area contributed by atoms with Gasteiger partial charge in [0.25, 0.3) is 0 Å². The normalized spacial score (nSPS) is 12.4. The van der Waals surface area contributed by atoms with Crippen molar-refractivity contribution in [1.82, 2.24) is 4.98 Å². The molecule has 2 aromatic rings. The number of rotatable bonds is 0. The lowest BCUT2D eigenvalue weighted by Crippen LogP contribution is -1.89. The molecule has 0 aliphatic heterocycles. The summed E-state index contributed by atoms with van der Waals surface area (Å²) < 4.78 is 0. The van der Waals surface area contributed by atoms with Gasteiger partial charge in [-0.15, -0.1) is 0 Å². The third kappa shape index (κ3) is 1.15. The van der Waals surface area contributed by atoms with Crippen LogP contribution in [0.25, 0.3) is 11.1 Å². The molecule has 1 aliphatic carbocycles. The van der Waals surface area contributed by atoms with Crippen molar-refractivity contribution in [3.63, 3.8) is 0 Å². The van der Waals surface area contributed by atoms with Gasteiger partial charge in [0.15, 0.2) is 0 Å². The Bertz CT molecular complexity index is 582. The summed E-state index contributed by atoms with van der Waals surface area (Å²) in [6, 6.07) is 6.62. The van der Waals surface area contributed by atoms with Crippen molar-refractivity contribution in [2.45, 2.75) is 27.2 Å². The number of fused-ring (bicyclic) bond motifs is 3. The largest absolute Gasteiger partial charge is 0.261 e. The van der Waals surface area contributed by atoms with E-state index in [4.69, 9.17) is 0 Å². The van der Waals surface area contributed by atoms with Gasteiger partial charge in [-0.3, -0.25) is 4.98 Å². The number of aryl methyl sites for hydroxylation is 2. The predicted molar refractivity (Wildman–Crippen MR) is 66.7 cm³/mol. The summed E-state index contributed by atoms with van der Waals surface area (Å²) in [6.07, 6.45) is 2.99. The van der Waals surface area contributed by atoms with Crippen LogP contribution in [-0.4, -0.2) is 4.98 Å². The van der Waals surface area contributed by atoms with E-state index >= 15 is 0 Å². The van der Waals surface area contributed by atoms with E-state index in [1.807, 2.05) is 6.20 Å². The Labute approximate surface area is 96.2 Å². The van der Waals surface area contributed by atoms with Gasteiger partial charge in [-0.05, 0) is 61.1 Å². The molecule has 1 aromatic carbocycles. The van der Waals surface area contributed by atoms with Gasteiger partial charge in [-0.2, -0.15) is 0 Å². The zero-order valence-electron chi connectivity index (χ0n) is 9.96. The van der Waals surface area contributed by atoms with Gasteiger partial charge in [0.2, 0.25) is 0 Å². The Morgan fingerprint density at radius 1 is 1.06 bits per heavy atom. The zero-order chi connectivity index (χ0) is 11.3. The quantitative estimate of drug-likeness (QED) is 0.551. The molecule has 0 saturated heterocycles. The van der Waals surface area contributed by atoms with Crippen LogP contribution in [0.15, 0.2) is 24.4 Å². The van der Waals surface area contributed by atoms with Gasteiger partial charge in [-0.1, -0.05) is 12.1 Å². The second kappa shape index (κ2) is 3.18. The molecule has 1 heterocycles. The molecule has 0 fully saturated rings. The van der Waals surface area contributed by atoms with E-state index in [-0.39, 0.29) is 0 Å². The highest BCUT2D eigenvalue weighted by atomic mass is 14.7. The van der Waals surface area contributed by atoms with Crippen LogP contribution < -0.4 is 0 Å². The standard InChI is InChI=1S/C15H15N/c1-9-4-5-13-14(10(9)2)8-12-6-7-16-11(3)15(12)13/h4-7H,8H2,1-3H3. The number of aromatic nitrogens is 1. The number of hydrogen-bond donors (Lipinski definition) is 0. The van der Waals surface area contributed by atoms with Gasteiger partial charge in [0.05, 0.1) is 0 Å². The topological polar surface area (TPSA) is 12.9 Å². The molecule has 80 valence electrons. The van der Waals surface area contributed by atoms with Crippen molar-refractivity contribution in [2.75, 3.05) is 0 Å². The summed E-state index contributed by atoms with van der Waals surface area (Å²) in [5, 5.41) is 0. The van der Waals surface area contributed by atoms with Gasteiger partial charge in [0.1, 0.15) is 0 Å². The van der Waals surface area contributed by atoms with Crippen LogP contribution in [0.1, 0.15) is 27.9 Å². The Morgan fingerprint density at radius 2 is 1.88 bits per heavy atom. The van der Waals surface area contributed by atoms with Gasteiger partial charge < -0.3 is 0 Å². The minimum atomic E-state index is 1.07. The Balaban J connectivity index is 2.34. The highest BCUT2D eigenvalue weighted by Crippen LogP contribution is 2.40. The highest BCUT2D eigenvalue weighted by molar-refractivity contribution is 5.79. The van der Waals surface area contributed by atoms with Crippen molar-refractivity contribution in [3.8, 4) is 11.1 Å². The molecule has 1 aliphatic rings. The predicted octanol–water partition coefficient (Wildman–Crippen LogP) is 3.58. The van der Waals surface area contributed by atoms with E-state index in [1.54, 1.807) is 0 Å². The summed E-state index contributed by atoms with van der Waals surface area (Å²) in [5.41, 5.74) is 9.65. The summed E-state index contributed by atoms with van der Waals surface area (Å²) in [4.78, 5) is 4.40. The Hall–Kier alpha value is -1.63. The second-order valence-corrected chi connectivity index (χ2v) is 4.64. The number of benzene rings is 1. The molecule has 0 atom stereocenters. The third-order valence-electron chi connectivity index (χ3n) is 3.73. The molecule has 0 bridgehead atoms. The lowest BCUT2D eigenvalue weighted by molar-refractivity contribution is 1.16. The van der Waals surface area contributed by atoms with Crippen molar-refractivity contribution in [1.29, 1.82) is 0 Å². The van der Waals surface area contributed by atoms with Crippen molar-refractivity contribution in [2.24, 2.45) is 0 Å². The Morgan fingerprint density at radius 3 is 2.69 bits per heavy atom. The van der Waals surface area contributed by atoms with Crippen LogP contribution >= 0.6 is 0 Å². The van der Waals surface area contributed by atoms with Crippen molar-refractivity contribution < 1.29 is 0 Å². The lowest BCUT2D eigenvalue weighted by Gasteiger charge is -2.08. The molecule has 1 nitrogen and oxygen atoms in total. The van der Waals surface area contributed by atoms with E-state index in [1.165, 1.54) is 33.4 Å². The van der Waals surface area contributed by atoms with E-state index in [0.29, 0.717) is 0 Å². The molecule has 0 spiro atoms. The first-order chi connectivity index (χ1) is 7.68. The summed E-state index contributed by atoms with van der Waals surface area (Å²) in [6.45, 7) is 6.51. The molecule has 1 heteroatoms. The highest BCUT2D eigenvalue weighted by Gasteiger charge is 2.22. The first kappa shape index (κ1) is 9.59. The molecule has 3 rings (SSSR count). The molecule has 0 N–H and O–H groups in total. The van der Waals surface area contributed by atoms with Crippen LogP contribution in [-0.2, 0) is 6.42 Å². The van der Waals surface area contributed by atoms with E-state index < -0.39 is 0 Å². The second-order valence-electron chi connectivity index (χ2n) is 4.64.